The Morgan fingerprint density at radius 2 is 1.83 bits per heavy atom. The number of hydrogen-bond donors (Lipinski definition) is 1. The van der Waals surface area contributed by atoms with Gasteiger partial charge in [-0.25, -0.2) is 0 Å². The Morgan fingerprint density at radius 3 is 2.17 bits per heavy atom. The van der Waals surface area contributed by atoms with Gasteiger partial charge in [0.15, 0.2) is 0 Å². The van der Waals surface area contributed by atoms with Crippen LogP contribution in [0.1, 0.15) is 40.5 Å². The van der Waals surface area contributed by atoms with Gasteiger partial charge in [0.25, 0.3) is 0 Å². The quantitative estimate of drug-likeness (QED) is 0.701. The first-order valence-electron chi connectivity index (χ1n) is 4.81. The second-order valence-electron chi connectivity index (χ2n) is 4.71. The second-order valence-corrected chi connectivity index (χ2v) is 4.71. The highest BCUT2D eigenvalue weighted by Crippen LogP contribution is 2.11. The van der Waals surface area contributed by atoms with Crippen molar-refractivity contribution < 1.29 is 0 Å². The minimum Gasteiger partial charge on any atom is -0.328 e. The highest BCUT2D eigenvalue weighted by atomic mass is 15.1. The predicted octanol–water partition coefficient (Wildman–Crippen LogP) is 1.84. The summed E-state index contributed by atoms with van der Waals surface area (Å²) in [5.41, 5.74) is 5.96. The van der Waals surface area contributed by atoms with Gasteiger partial charge in [0.05, 0.1) is 0 Å². The molecule has 1 atom stereocenters. The molecule has 0 saturated carbocycles. The Bertz CT molecular complexity index is 113. The van der Waals surface area contributed by atoms with Crippen LogP contribution in [0.5, 0.6) is 0 Å². The summed E-state index contributed by atoms with van der Waals surface area (Å²) >= 11 is 0. The number of nitrogens with zero attached hydrogens (tertiary/aromatic N) is 1. The van der Waals surface area contributed by atoms with Gasteiger partial charge in [0.2, 0.25) is 0 Å². The Morgan fingerprint density at radius 1 is 1.33 bits per heavy atom. The van der Waals surface area contributed by atoms with Crippen molar-refractivity contribution in [2.45, 2.75) is 52.1 Å². The zero-order valence-electron chi connectivity index (χ0n) is 9.22. The number of rotatable bonds is 4. The fraction of sp³-hybridized carbons (Fsp3) is 1.00. The Hall–Kier alpha value is -0.0800. The van der Waals surface area contributed by atoms with Crippen LogP contribution >= 0.6 is 0 Å². The lowest BCUT2D eigenvalue weighted by Gasteiger charge is -2.32. The molecule has 0 spiro atoms. The molecule has 0 amide bonds. The van der Waals surface area contributed by atoms with Crippen LogP contribution in [0.25, 0.3) is 0 Å². The summed E-state index contributed by atoms with van der Waals surface area (Å²) in [6.45, 7) is 9.92. The molecule has 0 aromatic carbocycles. The van der Waals surface area contributed by atoms with E-state index in [1.807, 2.05) is 0 Å². The molecule has 2 heteroatoms. The lowest BCUT2D eigenvalue weighted by Crippen LogP contribution is -2.38. The summed E-state index contributed by atoms with van der Waals surface area (Å²) in [7, 11) is 2.17. The normalized spacial score (nSPS) is 15.2. The molecule has 0 radical (unpaired) electrons. The van der Waals surface area contributed by atoms with Crippen molar-refractivity contribution in [3.63, 3.8) is 0 Å². The highest BCUT2D eigenvalue weighted by Gasteiger charge is 2.15. The van der Waals surface area contributed by atoms with E-state index >= 15 is 0 Å². The van der Waals surface area contributed by atoms with Gasteiger partial charge in [-0.15, -0.1) is 0 Å². The van der Waals surface area contributed by atoms with Crippen LogP contribution < -0.4 is 5.73 Å². The van der Waals surface area contributed by atoms with Crippen molar-refractivity contribution in [3.8, 4) is 0 Å². The van der Waals surface area contributed by atoms with Gasteiger partial charge in [-0.05, 0) is 54.1 Å². The fourth-order valence-corrected chi connectivity index (χ4v) is 0.986. The Balaban J connectivity index is 3.51. The third-order valence-electron chi connectivity index (χ3n) is 2.30. The predicted molar refractivity (Wildman–Crippen MR) is 55.3 cm³/mol. The summed E-state index contributed by atoms with van der Waals surface area (Å²) in [5, 5.41) is 0. The summed E-state index contributed by atoms with van der Waals surface area (Å²) in [6, 6.07) is 0.346. The van der Waals surface area contributed by atoms with E-state index in [2.05, 4.69) is 39.6 Å². The first kappa shape index (κ1) is 11.9. The molecule has 0 heterocycles. The van der Waals surface area contributed by atoms with Crippen LogP contribution in [0.15, 0.2) is 0 Å². The highest BCUT2D eigenvalue weighted by molar-refractivity contribution is 4.72. The lowest BCUT2D eigenvalue weighted by atomic mass is 10.1. The SMILES string of the molecule is CC(N)CCCN(C)C(C)(C)C. The maximum absolute atomic E-state index is 5.67. The van der Waals surface area contributed by atoms with Crippen molar-refractivity contribution in [1.82, 2.24) is 4.90 Å². The molecule has 0 aliphatic rings. The molecule has 0 aliphatic heterocycles. The van der Waals surface area contributed by atoms with E-state index in [0.29, 0.717) is 6.04 Å². The summed E-state index contributed by atoms with van der Waals surface area (Å²) in [4.78, 5) is 2.37. The molecule has 74 valence electrons. The van der Waals surface area contributed by atoms with E-state index in [1.165, 1.54) is 6.42 Å². The minimum atomic E-state index is 0.290. The van der Waals surface area contributed by atoms with Gasteiger partial charge in [0.1, 0.15) is 0 Å². The fourth-order valence-electron chi connectivity index (χ4n) is 0.986. The van der Waals surface area contributed by atoms with E-state index in [4.69, 9.17) is 5.73 Å². The molecule has 0 aromatic rings. The molecule has 12 heavy (non-hydrogen) atoms. The van der Waals surface area contributed by atoms with Crippen LogP contribution in [0.4, 0.5) is 0 Å². The maximum atomic E-state index is 5.67. The molecule has 1 unspecified atom stereocenters. The van der Waals surface area contributed by atoms with Gasteiger partial charge in [0, 0.05) is 11.6 Å². The van der Waals surface area contributed by atoms with E-state index in [-0.39, 0.29) is 5.54 Å². The molecule has 0 rings (SSSR count). The Labute approximate surface area is 77.1 Å². The molecule has 0 bridgehead atoms. The molecule has 0 fully saturated rings. The van der Waals surface area contributed by atoms with Gasteiger partial charge >= 0.3 is 0 Å². The topological polar surface area (TPSA) is 29.3 Å². The third kappa shape index (κ3) is 5.56. The van der Waals surface area contributed by atoms with Gasteiger partial charge in [-0.1, -0.05) is 0 Å². The van der Waals surface area contributed by atoms with Gasteiger partial charge in [-0.2, -0.15) is 0 Å². The van der Waals surface area contributed by atoms with Crippen LogP contribution in [0.3, 0.4) is 0 Å². The Kier molecular flexibility index (Phi) is 4.80. The third-order valence-corrected chi connectivity index (χ3v) is 2.30. The zero-order chi connectivity index (χ0) is 9.78. The van der Waals surface area contributed by atoms with E-state index in [9.17, 15) is 0 Å². The first-order valence-corrected chi connectivity index (χ1v) is 4.81. The van der Waals surface area contributed by atoms with E-state index in [0.717, 1.165) is 13.0 Å². The maximum Gasteiger partial charge on any atom is 0.0122 e. The minimum absolute atomic E-state index is 0.290. The van der Waals surface area contributed by atoms with E-state index in [1.54, 1.807) is 0 Å². The summed E-state index contributed by atoms with van der Waals surface area (Å²) in [5.74, 6) is 0. The standard InChI is InChI=1S/C10H24N2/c1-9(11)7-6-8-12(5)10(2,3)4/h9H,6-8,11H2,1-5H3. The number of hydrogen-bond acceptors (Lipinski definition) is 2. The average Bonchev–Trinajstić information content (AvgIpc) is 1.84. The van der Waals surface area contributed by atoms with Crippen LogP contribution in [-0.2, 0) is 0 Å². The molecule has 0 aliphatic carbocycles. The second kappa shape index (κ2) is 4.83. The van der Waals surface area contributed by atoms with Crippen molar-refractivity contribution in [1.29, 1.82) is 0 Å². The molecular formula is C10H24N2. The van der Waals surface area contributed by atoms with Crippen LogP contribution in [0.2, 0.25) is 0 Å². The first-order chi connectivity index (χ1) is 5.34. The molecule has 2 N–H and O–H groups in total. The zero-order valence-corrected chi connectivity index (χ0v) is 9.22. The van der Waals surface area contributed by atoms with Gasteiger partial charge < -0.3 is 10.6 Å². The smallest absolute Gasteiger partial charge is 0.0122 e. The van der Waals surface area contributed by atoms with Crippen molar-refractivity contribution in [2.75, 3.05) is 13.6 Å². The van der Waals surface area contributed by atoms with Crippen LogP contribution in [-0.4, -0.2) is 30.1 Å². The largest absolute Gasteiger partial charge is 0.328 e. The summed E-state index contributed by atoms with van der Waals surface area (Å²) < 4.78 is 0. The van der Waals surface area contributed by atoms with Crippen LogP contribution in [0, 0.1) is 0 Å². The average molecular weight is 172 g/mol. The van der Waals surface area contributed by atoms with E-state index < -0.39 is 0 Å². The molecule has 0 aromatic heterocycles. The number of nitrogens with two attached hydrogens (primary N) is 1. The summed E-state index contributed by atoms with van der Waals surface area (Å²) in [6.07, 6.45) is 2.33. The molecule has 2 nitrogen and oxygen atoms in total. The van der Waals surface area contributed by atoms with Crippen molar-refractivity contribution in [3.05, 3.63) is 0 Å². The lowest BCUT2D eigenvalue weighted by molar-refractivity contribution is 0.172. The molecular weight excluding hydrogens is 148 g/mol. The van der Waals surface area contributed by atoms with Crippen molar-refractivity contribution >= 4 is 0 Å². The van der Waals surface area contributed by atoms with Crippen molar-refractivity contribution in [2.24, 2.45) is 5.73 Å². The monoisotopic (exact) mass is 172 g/mol. The molecule has 0 saturated heterocycles. The van der Waals surface area contributed by atoms with Gasteiger partial charge in [-0.3, -0.25) is 0 Å².